The summed E-state index contributed by atoms with van der Waals surface area (Å²) < 4.78 is 0. The van der Waals surface area contributed by atoms with Crippen LogP contribution < -0.4 is 11.5 Å². The molecule has 1 aromatic carbocycles. The molecule has 0 aliphatic rings. The van der Waals surface area contributed by atoms with Crippen LogP contribution in [0.4, 0.5) is 5.69 Å². The van der Waals surface area contributed by atoms with Crippen molar-refractivity contribution in [3.63, 3.8) is 0 Å². The molecule has 0 amide bonds. The number of hydrogen-bond donors (Lipinski definition) is 3. The number of hydrogen-bond acceptors (Lipinski definition) is 3. The normalized spacial score (nSPS) is 11.4. The summed E-state index contributed by atoms with van der Waals surface area (Å²) in [4.78, 5) is 4.02. The molecule has 0 radical (unpaired) electrons. The van der Waals surface area contributed by atoms with Crippen LogP contribution in [-0.2, 0) is 0 Å². The smallest absolute Gasteiger partial charge is 0.166 e. The second kappa shape index (κ2) is 4.88. The number of benzene rings is 1. The Morgan fingerprint density at radius 3 is 2.36 bits per heavy atom. The van der Waals surface area contributed by atoms with Crippen molar-refractivity contribution in [1.29, 1.82) is 5.41 Å². The van der Waals surface area contributed by atoms with E-state index in [1.165, 1.54) is 0 Å². The van der Waals surface area contributed by atoms with Gasteiger partial charge in [0.05, 0.1) is 5.69 Å². The molecule has 1 aromatic rings. The molecule has 0 aromatic heterocycles. The number of rotatable bonds is 1. The fourth-order valence-corrected chi connectivity index (χ4v) is 1.28. The average Bonchev–Trinajstić information content (AvgIpc) is 2.07. The molecule has 0 spiro atoms. The van der Waals surface area contributed by atoms with E-state index >= 15 is 0 Å². The van der Waals surface area contributed by atoms with E-state index in [-0.39, 0.29) is 10.3 Å². The predicted molar refractivity (Wildman–Crippen MR) is 62.2 cm³/mol. The lowest BCUT2D eigenvalue weighted by Gasteiger charge is -1.98. The lowest BCUT2D eigenvalue weighted by molar-refractivity contribution is 1.50. The van der Waals surface area contributed by atoms with E-state index in [9.17, 15) is 0 Å². The molecule has 0 saturated carbocycles. The van der Waals surface area contributed by atoms with Gasteiger partial charge in [0.1, 0.15) is 0 Å². The Morgan fingerprint density at radius 2 is 1.86 bits per heavy atom. The molecule has 0 heterocycles. The van der Waals surface area contributed by atoms with Gasteiger partial charge in [-0.1, -0.05) is 11.6 Å². The van der Waals surface area contributed by atoms with Gasteiger partial charge in [0.2, 0.25) is 0 Å². The number of halogens is 1. The Morgan fingerprint density at radius 1 is 1.29 bits per heavy atom. The first kappa shape index (κ1) is 10.9. The minimum atomic E-state index is -0.0831. The third-order valence-corrected chi connectivity index (χ3v) is 2.05. The van der Waals surface area contributed by atoms with Gasteiger partial charge in [-0.05, 0) is 36.0 Å². The zero-order chi connectivity index (χ0) is 10.6. The van der Waals surface area contributed by atoms with Crippen molar-refractivity contribution in [3.05, 3.63) is 29.3 Å². The third kappa shape index (κ3) is 3.68. The fourth-order valence-electron chi connectivity index (χ4n) is 0.778. The SMILES string of the molecule is N=C(N)SC(N)=Nc1ccc(Cl)cc1. The van der Waals surface area contributed by atoms with Gasteiger partial charge in [-0.3, -0.25) is 5.41 Å². The van der Waals surface area contributed by atoms with E-state index in [1.54, 1.807) is 24.3 Å². The maximum atomic E-state index is 6.98. The maximum Gasteiger partial charge on any atom is 0.166 e. The van der Waals surface area contributed by atoms with Crippen LogP contribution in [0.15, 0.2) is 29.3 Å². The van der Waals surface area contributed by atoms with Gasteiger partial charge in [-0.2, -0.15) is 0 Å². The Kier molecular flexibility index (Phi) is 3.79. The highest BCUT2D eigenvalue weighted by Crippen LogP contribution is 2.17. The summed E-state index contributed by atoms with van der Waals surface area (Å²) in [6, 6.07) is 6.89. The van der Waals surface area contributed by atoms with Crippen LogP contribution in [0.2, 0.25) is 5.02 Å². The van der Waals surface area contributed by atoms with Gasteiger partial charge < -0.3 is 11.5 Å². The zero-order valence-electron chi connectivity index (χ0n) is 7.20. The molecule has 5 N–H and O–H groups in total. The standard InChI is InChI=1S/C8H9ClN4S/c9-5-1-3-6(4-2-5)13-8(12)14-7(10)11/h1-4H,(H3,10,11)(H2,12,13). The van der Waals surface area contributed by atoms with E-state index in [1.807, 2.05) is 0 Å². The minimum Gasteiger partial charge on any atom is -0.378 e. The first-order chi connectivity index (χ1) is 6.58. The largest absolute Gasteiger partial charge is 0.378 e. The maximum absolute atomic E-state index is 6.98. The molecule has 0 atom stereocenters. The van der Waals surface area contributed by atoms with E-state index in [0.29, 0.717) is 10.7 Å². The van der Waals surface area contributed by atoms with Crippen molar-refractivity contribution >= 4 is 39.4 Å². The Balaban J connectivity index is 2.76. The average molecular weight is 229 g/mol. The molecule has 6 heteroatoms. The number of nitrogens with one attached hydrogen (secondary N) is 1. The first-order valence-electron chi connectivity index (χ1n) is 3.69. The Hall–Kier alpha value is -1.20. The van der Waals surface area contributed by atoms with Gasteiger partial charge in [0.15, 0.2) is 10.3 Å². The molecule has 1 rings (SSSR count). The summed E-state index contributed by atoms with van der Waals surface area (Å²) in [5, 5.41) is 7.78. The van der Waals surface area contributed by atoms with E-state index in [4.69, 9.17) is 28.5 Å². The van der Waals surface area contributed by atoms with Gasteiger partial charge in [0.25, 0.3) is 0 Å². The second-order valence-corrected chi connectivity index (χ2v) is 3.89. The van der Waals surface area contributed by atoms with Crippen molar-refractivity contribution in [3.8, 4) is 0 Å². The van der Waals surface area contributed by atoms with Crippen molar-refractivity contribution in [2.75, 3.05) is 0 Å². The molecule has 0 fully saturated rings. The first-order valence-corrected chi connectivity index (χ1v) is 4.89. The minimum absolute atomic E-state index is 0.0831. The van der Waals surface area contributed by atoms with E-state index in [2.05, 4.69) is 4.99 Å². The Labute approximate surface area is 90.8 Å². The predicted octanol–water partition coefficient (Wildman–Crippen LogP) is 1.91. The topological polar surface area (TPSA) is 88.2 Å². The van der Waals surface area contributed by atoms with Crippen LogP contribution in [0.3, 0.4) is 0 Å². The summed E-state index contributed by atoms with van der Waals surface area (Å²) in [5.74, 6) is 0. The van der Waals surface area contributed by atoms with Gasteiger partial charge in [0, 0.05) is 5.02 Å². The van der Waals surface area contributed by atoms with E-state index < -0.39 is 0 Å². The van der Waals surface area contributed by atoms with Gasteiger partial charge in [-0.25, -0.2) is 4.99 Å². The molecule has 0 aliphatic carbocycles. The molecule has 4 nitrogen and oxygen atoms in total. The van der Waals surface area contributed by atoms with E-state index in [0.717, 1.165) is 11.8 Å². The van der Waals surface area contributed by atoms with Crippen molar-refractivity contribution < 1.29 is 0 Å². The van der Waals surface area contributed by atoms with Crippen LogP contribution in [-0.4, -0.2) is 10.3 Å². The zero-order valence-corrected chi connectivity index (χ0v) is 8.77. The highest BCUT2D eigenvalue weighted by molar-refractivity contribution is 8.26. The highest BCUT2D eigenvalue weighted by atomic mass is 35.5. The quantitative estimate of drug-likeness (QED) is 0.507. The van der Waals surface area contributed by atoms with Crippen molar-refractivity contribution in [2.45, 2.75) is 0 Å². The molecular weight excluding hydrogens is 220 g/mol. The van der Waals surface area contributed by atoms with Crippen molar-refractivity contribution in [1.82, 2.24) is 0 Å². The summed E-state index contributed by atoms with van der Waals surface area (Å²) in [5.41, 5.74) is 11.3. The van der Waals surface area contributed by atoms with Crippen LogP contribution >= 0.6 is 23.4 Å². The number of thioether (sulfide) groups is 1. The van der Waals surface area contributed by atoms with Crippen LogP contribution in [0.5, 0.6) is 0 Å². The number of nitrogens with two attached hydrogens (primary N) is 2. The summed E-state index contributed by atoms with van der Waals surface area (Å²) in [6.45, 7) is 0. The van der Waals surface area contributed by atoms with Crippen LogP contribution in [0, 0.1) is 5.41 Å². The monoisotopic (exact) mass is 228 g/mol. The van der Waals surface area contributed by atoms with Gasteiger partial charge >= 0.3 is 0 Å². The number of nitrogens with zero attached hydrogens (tertiary/aromatic N) is 1. The summed E-state index contributed by atoms with van der Waals surface area (Å²) in [6.07, 6.45) is 0. The molecule has 0 aliphatic heterocycles. The number of amidine groups is 2. The molecule has 14 heavy (non-hydrogen) atoms. The second-order valence-electron chi connectivity index (χ2n) is 2.39. The van der Waals surface area contributed by atoms with Crippen molar-refractivity contribution in [2.24, 2.45) is 16.5 Å². The molecule has 0 bridgehead atoms. The summed E-state index contributed by atoms with van der Waals surface area (Å²) >= 11 is 6.60. The molecule has 74 valence electrons. The summed E-state index contributed by atoms with van der Waals surface area (Å²) in [7, 11) is 0. The van der Waals surface area contributed by atoms with Gasteiger partial charge in [-0.15, -0.1) is 0 Å². The molecule has 0 saturated heterocycles. The third-order valence-electron chi connectivity index (χ3n) is 1.28. The molecule has 0 unspecified atom stereocenters. The lowest BCUT2D eigenvalue weighted by Crippen LogP contribution is -2.14. The lowest BCUT2D eigenvalue weighted by atomic mass is 10.3. The molecular formula is C8H9ClN4S. The number of aliphatic imine (C=N–C) groups is 1. The Bertz CT molecular complexity index is 360. The highest BCUT2D eigenvalue weighted by Gasteiger charge is 1.97. The fraction of sp³-hybridized carbons (Fsp3) is 0. The van der Waals surface area contributed by atoms with Crippen LogP contribution in [0.25, 0.3) is 0 Å². The van der Waals surface area contributed by atoms with Crippen LogP contribution in [0.1, 0.15) is 0 Å².